The van der Waals surface area contributed by atoms with Crippen LogP contribution < -0.4 is 10.8 Å². The van der Waals surface area contributed by atoms with Gasteiger partial charge in [0.1, 0.15) is 6.61 Å². The third-order valence-corrected chi connectivity index (χ3v) is 5.17. The summed E-state index contributed by atoms with van der Waals surface area (Å²) in [6.45, 7) is 0.941. The van der Waals surface area contributed by atoms with Crippen molar-refractivity contribution in [2.24, 2.45) is 5.92 Å². The molecule has 1 aliphatic rings. The number of rotatable bonds is 9. The number of hydrogen-bond donors (Lipinski definition) is 1. The fourth-order valence-electron chi connectivity index (χ4n) is 3.74. The summed E-state index contributed by atoms with van der Waals surface area (Å²) in [6.07, 6.45) is 2.67. The van der Waals surface area contributed by atoms with Crippen molar-refractivity contribution >= 4 is 11.9 Å². The van der Waals surface area contributed by atoms with Crippen LogP contribution in [-0.4, -0.2) is 25.1 Å². The van der Waals surface area contributed by atoms with Crippen molar-refractivity contribution in [1.29, 1.82) is 0 Å². The fourth-order valence-corrected chi connectivity index (χ4v) is 3.74. The van der Waals surface area contributed by atoms with Gasteiger partial charge in [-0.15, -0.1) is 0 Å². The number of unbranched alkanes of at least 4 members (excludes halogenated alkanes) is 2. The van der Waals surface area contributed by atoms with E-state index in [0.29, 0.717) is 6.42 Å². The predicted octanol–water partition coefficient (Wildman–Crippen LogP) is 1.51. The van der Waals surface area contributed by atoms with E-state index in [2.05, 4.69) is 17.9 Å². The fraction of sp³-hybridized carbons (Fsp3) is 0.364. The van der Waals surface area contributed by atoms with Gasteiger partial charge in [0.2, 0.25) is 0 Å². The third kappa shape index (κ3) is 4.19. The first kappa shape index (κ1) is 19.1. The van der Waals surface area contributed by atoms with Gasteiger partial charge in [0.05, 0.1) is 18.4 Å². The Balaban J connectivity index is 1.68. The van der Waals surface area contributed by atoms with Crippen LogP contribution in [0.25, 0.3) is 11.1 Å². The van der Waals surface area contributed by atoms with Gasteiger partial charge >= 0.3 is 5.97 Å². The summed E-state index contributed by atoms with van der Waals surface area (Å²) in [4.78, 5) is 23.7. The van der Waals surface area contributed by atoms with Crippen LogP contribution in [0.4, 0.5) is 0 Å². The first-order chi connectivity index (χ1) is 13.1. The average molecular weight is 367 g/mol. The zero-order chi connectivity index (χ0) is 19.2. The molecule has 5 heteroatoms. The molecule has 0 aliphatic heterocycles. The number of carboxylic acids is 1. The zero-order valence-electron chi connectivity index (χ0n) is 15.4. The summed E-state index contributed by atoms with van der Waals surface area (Å²) >= 11 is 0. The molecule has 2 aromatic carbocycles. The molecule has 0 bridgehead atoms. The molecule has 0 heterocycles. The SMILES string of the molecule is [NH3+]CCCCC[C@H](C(=O)[O-])C(=O)OCC1c2ccccc2-c2ccccc21. The second-order valence-corrected chi connectivity index (χ2v) is 6.93. The van der Waals surface area contributed by atoms with Crippen molar-refractivity contribution < 1.29 is 25.2 Å². The minimum absolute atomic E-state index is 0.0741. The van der Waals surface area contributed by atoms with Crippen LogP contribution in [0.1, 0.15) is 42.7 Å². The van der Waals surface area contributed by atoms with Crippen LogP contribution in [0.2, 0.25) is 0 Å². The second kappa shape index (κ2) is 8.82. The van der Waals surface area contributed by atoms with Gasteiger partial charge in [0, 0.05) is 5.92 Å². The van der Waals surface area contributed by atoms with E-state index in [9.17, 15) is 14.7 Å². The van der Waals surface area contributed by atoms with E-state index < -0.39 is 17.9 Å². The first-order valence-electron chi connectivity index (χ1n) is 9.48. The average Bonchev–Trinajstić information content (AvgIpc) is 3.00. The molecule has 27 heavy (non-hydrogen) atoms. The van der Waals surface area contributed by atoms with Gasteiger partial charge < -0.3 is 20.4 Å². The molecule has 5 nitrogen and oxygen atoms in total. The molecule has 0 aromatic heterocycles. The van der Waals surface area contributed by atoms with E-state index in [-0.39, 0.29) is 18.9 Å². The minimum atomic E-state index is -1.36. The lowest BCUT2D eigenvalue weighted by molar-refractivity contribution is -0.368. The highest BCUT2D eigenvalue weighted by Gasteiger charge is 2.30. The van der Waals surface area contributed by atoms with Gasteiger partial charge in [-0.1, -0.05) is 55.0 Å². The maximum Gasteiger partial charge on any atom is 0.314 e. The molecule has 1 aliphatic carbocycles. The number of fused-ring (bicyclic) bond motifs is 3. The van der Waals surface area contributed by atoms with Gasteiger partial charge in [-0.25, -0.2) is 0 Å². The molecule has 0 saturated carbocycles. The Morgan fingerprint density at radius 2 is 1.56 bits per heavy atom. The number of hydrogen-bond acceptors (Lipinski definition) is 4. The summed E-state index contributed by atoms with van der Waals surface area (Å²) in [7, 11) is 0. The molecular weight excluding hydrogens is 342 g/mol. The largest absolute Gasteiger partial charge is 0.549 e. The van der Waals surface area contributed by atoms with Gasteiger partial charge in [-0.2, -0.15) is 0 Å². The Bertz CT molecular complexity index is 772. The van der Waals surface area contributed by atoms with Crippen LogP contribution in [0.3, 0.4) is 0 Å². The van der Waals surface area contributed by atoms with Gasteiger partial charge in [-0.05, 0) is 41.5 Å². The maximum atomic E-state index is 12.4. The molecule has 0 spiro atoms. The number of benzene rings is 2. The number of quaternary nitrogens is 1. The summed E-state index contributed by atoms with van der Waals surface area (Å²) < 4.78 is 5.45. The number of aliphatic carboxylic acids is 1. The van der Waals surface area contributed by atoms with E-state index in [0.717, 1.165) is 41.6 Å². The van der Waals surface area contributed by atoms with E-state index in [1.807, 2.05) is 36.4 Å². The summed E-state index contributed by atoms with van der Waals surface area (Å²) in [5, 5.41) is 11.4. The number of carbonyl (C=O) groups excluding carboxylic acids is 2. The molecule has 1 atom stereocenters. The Morgan fingerprint density at radius 1 is 0.963 bits per heavy atom. The molecule has 3 rings (SSSR count). The highest BCUT2D eigenvalue weighted by Crippen LogP contribution is 2.44. The van der Waals surface area contributed by atoms with E-state index in [1.165, 1.54) is 0 Å². The number of carbonyl (C=O) groups is 2. The van der Waals surface area contributed by atoms with E-state index in [4.69, 9.17) is 4.74 Å². The molecule has 0 amide bonds. The molecule has 142 valence electrons. The molecule has 0 unspecified atom stereocenters. The normalized spacial score (nSPS) is 13.7. The van der Waals surface area contributed by atoms with Gasteiger partial charge in [0.15, 0.2) is 0 Å². The zero-order valence-corrected chi connectivity index (χ0v) is 15.4. The summed E-state index contributed by atoms with van der Waals surface area (Å²) in [5.74, 6) is -3.34. The highest BCUT2D eigenvalue weighted by atomic mass is 16.5. The van der Waals surface area contributed by atoms with Crippen LogP contribution >= 0.6 is 0 Å². The first-order valence-corrected chi connectivity index (χ1v) is 9.48. The van der Waals surface area contributed by atoms with Crippen molar-refractivity contribution in [3.8, 4) is 11.1 Å². The van der Waals surface area contributed by atoms with Gasteiger partial charge in [0.25, 0.3) is 0 Å². The predicted molar refractivity (Wildman–Crippen MR) is 99.4 cm³/mol. The van der Waals surface area contributed by atoms with Crippen LogP contribution in [0.15, 0.2) is 48.5 Å². The highest BCUT2D eigenvalue weighted by molar-refractivity contribution is 5.93. The number of ether oxygens (including phenoxy) is 1. The van der Waals surface area contributed by atoms with Crippen molar-refractivity contribution in [2.45, 2.75) is 31.6 Å². The lowest BCUT2D eigenvalue weighted by Crippen LogP contribution is -2.50. The monoisotopic (exact) mass is 367 g/mol. The van der Waals surface area contributed by atoms with E-state index in [1.54, 1.807) is 0 Å². The third-order valence-electron chi connectivity index (χ3n) is 5.17. The second-order valence-electron chi connectivity index (χ2n) is 6.93. The lowest BCUT2D eigenvalue weighted by atomic mass is 9.97. The van der Waals surface area contributed by atoms with E-state index >= 15 is 0 Å². The van der Waals surface area contributed by atoms with Crippen LogP contribution in [0, 0.1) is 5.92 Å². The van der Waals surface area contributed by atoms with Crippen molar-refractivity contribution in [1.82, 2.24) is 0 Å². The number of esters is 1. The quantitative estimate of drug-likeness (QED) is 0.413. The van der Waals surface area contributed by atoms with Gasteiger partial charge in [-0.3, -0.25) is 4.79 Å². The minimum Gasteiger partial charge on any atom is -0.549 e. The van der Waals surface area contributed by atoms with Crippen molar-refractivity contribution in [2.75, 3.05) is 13.2 Å². The summed E-state index contributed by atoms with van der Waals surface area (Å²) in [6, 6.07) is 16.1. The molecule has 0 saturated heterocycles. The van der Waals surface area contributed by atoms with Crippen molar-refractivity contribution in [3.05, 3.63) is 59.7 Å². The Labute approximate surface area is 159 Å². The lowest BCUT2D eigenvalue weighted by Gasteiger charge is -2.19. The Hall–Kier alpha value is -2.66. The van der Waals surface area contributed by atoms with Crippen LogP contribution in [0.5, 0.6) is 0 Å². The molecule has 0 fully saturated rings. The molecule has 3 N–H and O–H groups in total. The maximum absolute atomic E-state index is 12.4. The molecule has 2 aromatic rings. The molecule has 0 radical (unpaired) electrons. The Morgan fingerprint density at radius 3 is 2.11 bits per heavy atom. The summed E-state index contributed by atoms with van der Waals surface area (Å²) in [5.41, 5.74) is 8.25. The topological polar surface area (TPSA) is 94.1 Å². The number of carboxylic acid groups (broad SMARTS) is 1. The Kier molecular flexibility index (Phi) is 6.24. The van der Waals surface area contributed by atoms with Crippen LogP contribution in [-0.2, 0) is 14.3 Å². The molecular formula is C22H25NO4. The standard InChI is InChI=1S/C22H25NO4/c23-13-7-1-2-12-19(21(24)25)22(26)27-14-20-17-10-5-3-8-15(17)16-9-4-6-11-18(16)20/h3-6,8-11,19-20H,1-2,7,12-14,23H2,(H,24,25)/t19-/m1/s1. The smallest absolute Gasteiger partial charge is 0.314 e. The van der Waals surface area contributed by atoms with Crippen molar-refractivity contribution in [3.63, 3.8) is 0 Å².